The highest BCUT2D eigenvalue weighted by Crippen LogP contribution is 2.29. The standard InChI is InChI=1S/C21H26F3N5O4S/c1-13(2)34(31)16-10-28(11-16)20-26-7-14(8-27-20)29-6-5-17(19(29)30)33-15-3-4-18(25-9-15)32-12-21(22,23)24/h3-4,7-9,13,16-17,19,30H,5-6,10-12H2,1-2H3/t17-,19+,34?/m1/s1. The predicted molar refractivity (Wildman–Crippen MR) is 119 cm³/mol. The van der Waals surface area contributed by atoms with Crippen molar-refractivity contribution in [3.05, 3.63) is 30.7 Å². The fourth-order valence-electron chi connectivity index (χ4n) is 3.76. The molecular formula is C21H26F3N5O4S. The maximum Gasteiger partial charge on any atom is 0.422 e. The van der Waals surface area contributed by atoms with Gasteiger partial charge in [0, 0.05) is 48.2 Å². The van der Waals surface area contributed by atoms with E-state index in [4.69, 9.17) is 4.74 Å². The Morgan fingerprint density at radius 3 is 2.47 bits per heavy atom. The van der Waals surface area contributed by atoms with E-state index in [1.54, 1.807) is 17.3 Å². The molecular weight excluding hydrogens is 475 g/mol. The van der Waals surface area contributed by atoms with Crippen LogP contribution in [-0.4, -0.2) is 79.5 Å². The van der Waals surface area contributed by atoms with Gasteiger partial charge in [-0.2, -0.15) is 13.2 Å². The normalized spacial score (nSPS) is 22.1. The second-order valence-corrected chi connectivity index (χ2v) is 10.7. The molecule has 13 heteroatoms. The van der Waals surface area contributed by atoms with Crippen LogP contribution in [0.4, 0.5) is 24.8 Å². The minimum atomic E-state index is -4.44. The lowest BCUT2D eigenvalue weighted by Crippen LogP contribution is -2.54. The molecule has 1 unspecified atom stereocenters. The number of alkyl halides is 3. The number of hydrogen-bond acceptors (Lipinski definition) is 9. The Labute approximate surface area is 197 Å². The molecule has 0 amide bonds. The lowest BCUT2D eigenvalue weighted by atomic mass is 10.2. The molecule has 2 aliphatic rings. The van der Waals surface area contributed by atoms with E-state index in [1.165, 1.54) is 18.3 Å². The summed E-state index contributed by atoms with van der Waals surface area (Å²) in [4.78, 5) is 16.3. The Bertz CT molecular complexity index is 987. The minimum absolute atomic E-state index is 0.124. The average Bonchev–Trinajstić information content (AvgIpc) is 3.12. The highest BCUT2D eigenvalue weighted by atomic mass is 32.2. The summed E-state index contributed by atoms with van der Waals surface area (Å²) in [5.74, 6) is 0.698. The Morgan fingerprint density at radius 2 is 1.88 bits per heavy atom. The average molecular weight is 502 g/mol. The maximum absolute atomic E-state index is 12.2. The SMILES string of the molecule is CC(C)S(=O)C1CN(c2ncc(N3CC[C@@H](Oc4ccc(OCC(F)(F)F)nc4)[C@@H]3O)cn2)C1. The number of ether oxygens (including phenoxy) is 2. The fourth-order valence-corrected chi connectivity index (χ4v) is 5.19. The van der Waals surface area contributed by atoms with E-state index in [9.17, 15) is 22.5 Å². The lowest BCUT2D eigenvalue weighted by molar-refractivity contribution is -0.154. The van der Waals surface area contributed by atoms with E-state index in [0.29, 0.717) is 43.4 Å². The van der Waals surface area contributed by atoms with Crippen LogP contribution in [0.15, 0.2) is 30.7 Å². The van der Waals surface area contributed by atoms with Gasteiger partial charge in [-0.05, 0) is 6.07 Å². The van der Waals surface area contributed by atoms with Crippen molar-refractivity contribution < 1.29 is 32.0 Å². The molecule has 0 radical (unpaired) electrons. The molecule has 0 bridgehead atoms. The first-order valence-corrected chi connectivity index (χ1v) is 12.1. The van der Waals surface area contributed by atoms with Gasteiger partial charge in [-0.15, -0.1) is 0 Å². The summed E-state index contributed by atoms with van der Waals surface area (Å²) < 4.78 is 59.2. The zero-order chi connectivity index (χ0) is 24.5. The largest absolute Gasteiger partial charge is 0.484 e. The maximum atomic E-state index is 12.2. The molecule has 186 valence electrons. The summed E-state index contributed by atoms with van der Waals surface area (Å²) >= 11 is 0. The zero-order valence-electron chi connectivity index (χ0n) is 18.7. The lowest BCUT2D eigenvalue weighted by Gasteiger charge is -2.39. The van der Waals surface area contributed by atoms with Crippen molar-refractivity contribution in [3.63, 3.8) is 0 Å². The van der Waals surface area contributed by atoms with E-state index < -0.39 is 35.9 Å². The van der Waals surface area contributed by atoms with Crippen LogP contribution in [0.3, 0.4) is 0 Å². The predicted octanol–water partition coefficient (Wildman–Crippen LogP) is 2.13. The van der Waals surface area contributed by atoms with Crippen molar-refractivity contribution in [2.75, 3.05) is 36.0 Å². The number of aliphatic hydroxyl groups is 1. The summed E-state index contributed by atoms with van der Waals surface area (Å²) in [6.07, 6.45) is -0.926. The Kier molecular flexibility index (Phi) is 7.12. The van der Waals surface area contributed by atoms with E-state index in [1.807, 2.05) is 18.7 Å². The van der Waals surface area contributed by atoms with Gasteiger partial charge in [0.05, 0.1) is 29.5 Å². The Balaban J connectivity index is 1.29. The van der Waals surface area contributed by atoms with Gasteiger partial charge in [-0.25, -0.2) is 15.0 Å². The first-order valence-electron chi connectivity index (χ1n) is 10.8. The van der Waals surface area contributed by atoms with Crippen LogP contribution in [0.5, 0.6) is 11.6 Å². The third kappa shape index (κ3) is 5.69. The van der Waals surface area contributed by atoms with Crippen LogP contribution < -0.4 is 19.3 Å². The van der Waals surface area contributed by atoms with Crippen molar-refractivity contribution in [3.8, 4) is 11.6 Å². The highest BCUT2D eigenvalue weighted by molar-refractivity contribution is 7.86. The number of nitrogens with zero attached hydrogens (tertiary/aromatic N) is 5. The molecule has 2 aromatic rings. The summed E-state index contributed by atoms with van der Waals surface area (Å²) in [5.41, 5.74) is 0.638. The van der Waals surface area contributed by atoms with E-state index >= 15 is 0 Å². The quantitative estimate of drug-likeness (QED) is 0.583. The van der Waals surface area contributed by atoms with Gasteiger partial charge >= 0.3 is 6.18 Å². The second-order valence-electron chi connectivity index (χ2n) is 8.43. The van der Waals surface area contributed by atoms with Crippen molar-refractivity contribution in [2.24, 2.45) is 0 Å². The van der Waals surface area contributed by atoms with E-state index in [2.05, 4.69) is 19.7 Å². The summed E-state index contributed by atoms with van der Waals surface area (Å²) in [6.45, 7) is 4.28. The van der Waals surface area contributed by atoms with Crippen LogP contribution in [0.25, 0.3) is 0 Å². The summed E-state index contributed by atoms with van der Waals surface area (Å²) in [6, 6.07) is 2.72. The molecule has 2 aromatic heterocycles. The highest BCUT2D eigenvalue weighted by Gasteiger charge is 2.36. The smallest absolute Gasteiger partial charge is 0.422 e. The molecule has 4 rings (SSSR count). The van der Waals surface area contributed by atoms with Gasteiger partial charge in [0.15, 0.2) is 12.8 Å². The molecule has 2 aliphatic heterocycles. The van der Waals surface area contributed by atoms with Crippen LogP contribution in [-0.2, 0) is 10.8 Å². The van der Waals surface area contributed by atoms with Gasteiger partial charge in [0.25, 0.3) is 0 Å². The molecule has 0 aromatic carbocycles. The molecule has 2 fully saturated rings. The van der Waals surface area contributed by atoms with Crippen molar-refractivity contribution in [1.82, 2.24) is 15.0 Å². The van der Waals surface area contributed by atoms with Gasteiger partial charge in [-0.3, -0.25) is 4.21 Å². The number of hydrogen-bond donors (Lipinski definition) is 1. The zero-order valence-corrected chi connectivity index (χ0v) is 19.5. The van der Waals surface area contributed by atoms with E-state index in [-0.39, 0.29) is 16.4 Å². The number of anilines is 2. The molecule has 1 N–H and O–H groups in total. The third-order valence-electron chi connectivity index (χ3n) is 5.57. The fraction of sp³-hybridized carbons (Fsp3) is 0.571. The van der Waals surface area contributed by atoms with Gasteiger partial charge in [0.2, 0.25) is 11.8 Å². The van der Waals surface area contributed by atoms with Crippen LogP contribution in [0.2, 0.25) is 0 Å². The molecule has 2 saturated heterocycles. The molecule has 4 heterocycles. The third-order valence-corrected chi connectivity index (χ3v) is 7.45. The number of aliphatic hydroxyl groups excluding tert-OH is 1. The van der Waals surface area contributed by atoms with Gasteiger partial charge < -0.3 is 24.4 Å². The summed E-state index contributed by atoms with van der Waals surface area (Å²) in [5, 5.41) is 11.0. The minimum Gasteiger partial charge on any atom is -0.484 e. The number of pyridine rings is 1. The molecule has 0 saturated carbocycles. The molecule has 34 heavy (non-hydrogen) atoms. The number of halogens is 3. The van der Waals surface area contributed by atoms with Crippen molar-refractivity contribution in [1.29, 1.82) is 0 Å². The Hall–Kier alpha value is -2.67. The monoisotopic (exact) mass is 501 g/mol. The molecule has 9 nitrogen and oxygen atoms in total. The first-order chi connectivity index (χ1) is 16.1. The van der Waals surface area contributed by atoms with Crippen LogP contribution in [0, 0.1) is 0 Å². The second kappa shape index (κ2) is 9.90. The van der Waals surface area contributed by atoms with Crippen molar-refractivity contribution in [2.45, 2.75) is 49.3 Å². The molecule has 3 atom stereocenters. The molecule has 0 aliphatic carbocycles. The first kappa shape index (κ1) is 24.5. The van der Waals surface area contributed by atoms with Crippen molar-refractivity contribution >= 4 is 22.4 Å². The summed E-state index contributed by atoms with van der Waals surface area (Å²) in [7, 11) is -0.872. The number of rotatable bonds is 8. The van der Waals surface area contributed by atoms with E-state index in [0.717, 1.165) is 0 Å². The van der Waals surface area contributed by atoms with Crippen LogP contribution in [0.1, 0.15) is 20.3 Å². The van der Waals surface area contributed by atoms with Crippen LogP contribution >= 0.6 is 0 Å². The number of aromatic nitrogens is 3. The Morgan fingerprint density at radius 1 is 1.18 bits per heavy atom. The molecule has 0 spiro atoms. The van der Waals surface area contributed by atoms with Gasteiger partial charge in [-0.1, -0.05) is 13.8 Å². The van der Waals surface area contributed by atoms with Gasteiger partial charge in [0.1, 0.15) is 11.9 Å². The topological polar surface area (TPSA) is 101 Å².